The molecule has 1 saturated heterocycles. The average molecular weight is 202 g/mol. The van der Waals surface area contributed by atoms with Gasteiger partial charge in [0.15, 0.2) is 0 Å². The summed E-state index contributed by atoms with van der Waals surface area (Å²) in [5.74, 6) is 6.17. The topological polar surface area (TPSA) is 53.6 Å². The van der Waals surface area contributed by atoms with E-state index in [1.165, 1.54) is 0 Å². The molecule has 2 atom stereocenters. The third-order valence-electron chi connectivity index (χ3n) is 2.06. The minimum Gasteiger partial charge on any atom is -0.340 e. The summed E-state index contributed by atoms with van der Waals surface area (Å²) in [6, 6.07) is 0. The van der Waals surface area contributed by atoms with Crippen LogP contribution >= 0.6 is 11.8 Å². The second-order valence-corrected chi connectivity index (χ2v) is 5.24. The maximum absolute atomic E-state index is 5.38. The molecule has 0 spiro atoms. The smallest absolute Gasteiger partial charge is 0.208 e. The van der Waals surface area contributed by atoms with Crippen LogP contribution in [-0.4, -0.2) is 41.5 Å². The Morgan fingerprint density at radius 1 is 1.46 bits per heavy atom. The van der Waals surface area contributed by atoms with Gasteiger partial charge in [0, 0.05) is 30.6 Å². The lowest BCUT2D eigenvalue weighted by Crippen LogP contribution is -2.51. The number of thioether (sulfide) groups is 1. The molecule has 76 valence electrons. The van der Waals surface area contributed by atoms with E-state index < -0.39 is 0 Å². The van der Waals surface area contributed by atoms with Crippen LogP contribution < -0.4 is 11.3 Å². The Bertz CT molecular complexity index is 185. The number of nitrogens with two attached hydrogens (primary N) is 1. The van der Waals surface area contributed by atoms with Crippen molar-refractivity contribution in [1.82, 2.24) is 10.3 Å². The van der Waals surface area contributed by atoms with Crippen molar-refractivity contribution in [1.29, 1.82) is 0 Å². The maximum atomic E-state index is 5.38. The van der Waals surface area contributed by atoms with Crippen molar-refractivity contribution in [3.05, 3.63) is 0 Å². The molecule has 0 radical (unpaired) electrons. The highest BCUT2D eigenvalue weighted by atomic mass is 32.2. The molecule has 2 unspecified atom stereocenters. The molecule has 0 aromatic heterocycles. The average Bonchev–Trinajstić information content (AvgIpc) is 2.04. The minimum atomic E-state index is 0.647. The molecule has 0 saturated carbocycles. The van der Waals surface area contributed by atoms with Crippen LogP contribution in [0.3, 0.4) is 0 Å². The van der Waals surface area contributed by atoms with Crippen LogP contribution in [0.4, 0.5) is 0 Å². The van der Waals surface area contributed by atoms with Crippen molar-refractivity contribution in [3.63, 3.8) is 0 Å². The van der Waals surface area contributed by atoms with Gasteiger partial charge < -0.3 is 4.90 Å². The molecule has 0 bridgehead atoms. The van der Waals surface area contributed by atoms with Gasteiger partial charge in [-0.05, 0) is 0 Å². The minimum absolute atomic E-state index is 0.647. The zero-order valence-corrected chi connectivity index (χ0v) is 9.27. The van der Waals surface area contributed by atoms with E-state index in [0.717, 1.165) is 19.0 Å². The first-order valence-corrected chi connectivity index (χ1v) is 5.45. The number of rotatable bonds is 0. The van der Waals surface area contributed by atoms with Crippen molar-refractivity contribution in [3.8, 4) is 0 Å². The van der Waals surface area contributed by atoms with Crippen LogP contribution in [0.25, 0.3) is 0 Å². The summed E-state index contributed by atoms with van der Waals surface area (Å²) in [6.07, 6.45) is 0. The molecular formula is C8H18N4S. The van der Waals surface area contributed by atoms with Crippen LogP contribution in [0.2, 0.25) is 0 Å². The first-order valence-electron chi connectivity index (χ1n) is 4.51. The summed E-state index contributed by atoms with van der Waals surface area (Å²) in [7, 11) is 1.76. The van der Waals surface area contributed by atoms with Crippen molar-refractivity contribution in [2.45, 2.75) is 24.3 Å². The monoisotopic (exact) mass is 202 g/mol. The summed E-state index contributed by atoms with van der Waals surface area (Å²) >= 11 is 2.02. The molecule has 0 aromatic carbocycles. The summed E-state index contributed by atoms with van der Waals surface area (Å²) in [4.78, 5) is 6.30. The fourth-order valence-electron chi connectivity index (χ4n) is 1.65. The third-order valence-corrected chi connectivity index (χ3v) is 3.29. The highest BCUT2D eigenvalue weighted by Crippen LogP contribution is 2.24. The molecule has 13 heavy (non-hydrogen) atoms. The van der Waals surface area contributed by atoms with Crippen LogP contribution in [-0.2, 0) is 0 Å². The third kappa shape index (κ3) is 2.77. The Labute approximate surface area is 83.9 Å². The zero-order chi connectivity index (χ0) is 9.84. The lowest BCUT2D eigenvalue weighted by molar-refractivity contribution is 0.396. The zero-order valence-electron chi connectivity index (χ0n) is 8.45. The molecule has 5 heteroatoms. The predicted octanol–water partition coefficient (Wildman–Crippen LogP) is 0.261. The number of hydrazine groups is 1. The number of hydrogen-bond acceptors (Lipinski definition) is 3. The molecule has 1 fully saturated rings. The molecule has 3 N–H and O–H groups in total. The number of guanidine groups is 1. The lowest BCUT2D eigenvalue weighted by atomic mass is 10.3. The number of aliphatic imine (C=N–C) groups is 1. The van der Waals surface area contributed by atoms with Crippen molar-refractivity contribution in [2.75, 3.05) is 20.1 Å². The van der Waals surface area contributed by atoms with Gasteiger partial charge in [-0.2, -0.15) is 11.8 Å². The van der Waals surface area contributed by atoms with E-state index in [9.17, 15) is 0 Å². The lowest BCUT2D eigenvalue weighted by Gasteiger charge is -2.36. The quantitative estimate of drug-likeness (QED) is 0.256. The van der Waals surface area contributed by atoms with Gasteiger partial charge in [0.2, 0.25) is 5.96 Å². The van der Waals surface area contributed by atoms with Crippen LogP contribution in [0, 0.1) is 0 Å². The summed E-state index contributed by atoms with van der Waals surface area (Å²) in [6.45, 7) is 6.51. The van der Waals surface area contributed by atoms with Gasteiger partial charge >= 0.3 is 0 Å². The first-order chi connectivity index (χ1) is 6.17. The maximum Gasteiger partial charge on any atom is 0.208 e. The van der Waals surface area contributed by atoms with E-state index in [4.69, 9.17) is 5.84 Å². The van der Waals surface area contributed by atoms with Gasteiger partial charge in [-0.15, -0.1) is 0 Å². The highest BCUT2D eigenvalue weighted by Gasteiger charge is 2.23. The summed E-state index contributed by atoms with van der Waals surface area (Å²) in [5.41, 5.74) is 2.63. The molecule has 1 aliphatic heterocycles. The summed E-state index contributed by atoms with van der Waals surface area (Å²) in [5, 5.41) is 1.29. The largest absolute Gasteiger partial charge is 0.340 e. The van der Waals surface area contributed by atoms with Crippen LogP contribution in [0.1, 0.15) is 13.8 Å². The number of nitrogens with one attached hydrogen (secondary N) is 1. The van der Waals surface area contributed by atoms with E-state index >= 15 is 0 Å². The standard InChI is InChI=1S/C8H18N4S/c1-6-4-12(5-7(2)13-6)8(10-3)11-9/h6-7H,4-5,9H2,1-3H3,(H,10,11). The first kappa shape index (κ1) is 10.7. The van der Waals surface area contributed by atoms with E-state index in [1.807, 2.05) is 11.8 Å². The molecule has 0 aliphatic carbocycles. The van der Waals surface area contributed by atoms with Crippen LogP contribution in [0.15, 0.2) is 4.99 Å². The van der Waals surface area contributed by atoms with Gasteiger partial charge in [-0.3, -0.25) is 10.4 Å². The Kier molecular flexibility index (Phi) is 3.87. The number of nitrogens with zero attached hydrogens (tertiary/aromatic N) is 2. The molecule has 1 aliphatic rings. The normalized spacial score (nSPS) is 30.5. The van der Waals surface area contributed by atoms with Gasteiger partial charge in [0.05, 0.1) is 0 Å². The molecule has 1 heterocycles. The van der Waals surface area contributed by atoms with Gasteiger partial charge in [0.25, 0.3) is 0 Å². The van der Waals surface area contributed by atoms with E-state index in [1.54, 1.807) is 7.05 Å². The predicted molar refractivity (Wildman–Crippen MR) is 58.8 cm³/mol. The van der Waals surface area contributed by atoms with Gasteiger partial charge in [0.1, 0.15) is 0 Å². The van der Waals surface area contributed by atoms with Crippen molar-refractivity contribution >= 4 is 17.7 Å². The summed E-state index contributed by atoms with van der Waals surface area (Å²) < 4.78 is 0. The highest BCUT2D eigenvalue weighted by molar-refractivity contribution is 8.00. The van der Waals surface area contributed by atoms with E-state index in [0.29, 0.717) is 10.5 Å². The molecule has 0 amide bonds. The van der Waals surface area contributed by atoms with Crippen molar-refractivity contribution in [2.24, 2.45) is 10.8 Å². The number of hydrogen-bond donors (Lipinski definition) is 2. The van der Waals surface area contributed by atoms with E-state index in [2.05, 4.69) is 29.2 Å². The van der Waals surface area contributed by atoms with Gasteiger partial charge in [-0.1, -0.05) is 13.8 Å². The van der Waals surface area contributed by atoms with Crippen LogP contribution in [0.5, 0.6) is 0 Å². The van der Waals surface area contributed by atoms with E-state index in [-0.39, 0.29) is 0 Å². The fourth-order valence-corrected chi connectivity index (χ4v) is 2.97. The Hall–Kier alpha value is -0.420. The fraction of sp³-hybridized carbons (Fsp3) is 0.875. The second-order valence-electron chi connectivity index (χ2n) is 3.35. The van der Waals surface area contributed by atoms with Crippen molar-refractivity contribution < 1.29 is 0 Å². The molecule has 4 nitrogen and oxygen atoms in total. The molecule has 1 rings (SSSR count). The van der Waals surface area contributed by atoms with Gasteiger partial charge in [-0.25, -0.2) is 5.84 Å². The molecular weight excluding hydrogens is 184 g/mol. The Morgan fingerprint density at radius 2 is 2.00 bits per heavy atom. The molecule has 0 aromatic rings. The Balaban J connectivity index is 2.59. The second kappa shape index (κ2) is 4.72. The Morgan fingerprint density at radius 3 is 2.38 bits per heavy atom. The SMILES string of the molecule is CN=C(NN)N1CC(C)SC(C)C1.